The van der Waals surface area contributed by atoms with Crippen LogP contribution >= 0.6 is 15.9 Å². The molecule has 0 unspecified atom stereocenters. The highest BCUT2D eigenvalue weighted by atomic mass is 79.9. The standard InChI is InChI=1S/C15H17BrO2/c1-15-7-3-4-13(16)12(15)9-10-8-11(17-2)5-6-14(10)18-15/h4-6,8,12H,3,7,9H2,1-2H3/t12-,15-/m1/s1. The lowest BCUT2D eigenvalue weighted by atomic mass is 9.75. The van der Waals surface area contributed by atoms with Crippen LogP contribution in [0.2, 0.25) is 0 Å². The smallest absolute Gasteiger partial charge is 0.123 e. The summed E-state index contributed by atoms with van der Waals surface area (Å²) in [6, 6.07) is 6.09. The topological polar surface area (TPSA) is 18.5 Å². The highest BCUT2D eigenvalue weighted by molar-refractivity contribution is 9.11. The predicted molar refractivity (Wildman–Crippen MR) is 75.5 cm³/mol. The van der Waals surface area contributed by atoms with Crippen LogP contribution in [0, 0.1) is 5.92 Å². The van der Waals surface area contributed by atoms with Gasteiger partial charge < -0.3 is 9.47 Å². The molecule has 0 aromatic heterocycles. The second-order valence-corrected chi connectivity index (χ2v) is 6.19. The maximum atomic E-state index is 6.27. The minimum Gasteiger partial charge on any atom is -0.497 e. The molecule has 0 saturated heterocycles. The maximum Gasteiger partial charge on any atom is 0.123 e. The van der Waals surface area contributed by atoms with Gasteiger partial charge in [-0.25, -0.2) is 0 Å². The van der Waals surface area contributed by atoms with Gasteiger partial charge in [-0.1, -0.05) is 22.0 Å². The molecule has 2 nitrogen and oxygen atoms in total. The molecule has 3 rings (SSSR count). The molecule has 0 spiro atoms. The third kappa shape index (κ3) is 1.85. The quantitative estimate of drug-likeness (QED) is 0.778. The molecule has 1 aliphatic carbocycles. The van der Waals surface area contributed by atoms with Crippen molar-refractivity contribution < 1.29 is 9.47 Å². The molecular weight excluding hydrogens is 292 g/mol. The van der Waals surface area contributed by atoms with Crippen LogP contribution < -0.4 is 9.47 Å². The van der Waals surface area contributed by atoms with E-state index in [9.17, 15) is 0 Å². The van der Waals surface area contributed by atoms with Crippen LogP contribution in [0.25, 0.3) is 0 Å². The summed E-state index contributed by atoms with van der Waals surface area (Å²) in [5.74, 6) is 2.33. The second kappa shape index (κ2) is 4.30. The Hall–Kier alpha value is -0.960. The summed E-state index contributed by atoms with van der Waals surface area (Å²) in [5.41, 5.74) is 1.17. The van der Waals surface area contributed by atoms with E-state index in [4.69, 9.17) is 9.47 Å². The van der Waals surface area contributed by atoms with Crippen molar-refractivity contribution in [1.82, 2.24) is 0 Å². The van der Waals surface area contributed by atoms with Crippen molar-refractivity contribution >= 4 is 15.9 Å². The Morgan fingerprint density at radius 3 is 3.06 bits per heavy atom. The zero-order chi connectivity index (χ0) is 12.8. The molecule has 0 radical (unpaired) electrons. The summed E-state index contributed by atoms with van der Waals surface area (Å²) in [4.78, 5) is 0. The first-order valence-electron chi connectivity index (χ1n) is 6.34. The Bertz CT molecular complexity index is 509. The van der Waals surface area contributed by atoms with Gasteiger partial charge in [-0.2, -0.15) is 0 Å². The Morgan fingerprint density at radius 1 is 1.44 bits per heavy atom. The average Bonchev–Trinajstić information content (AvgIpc) is 2.36. The fourth-order valence-electron chi connectivity index (χ4n) is 2.95. The average molecular weight is 309 g/mol. The van der Waals surface area contributed by atoms with Gasteiger partial charge in [0.15, 0.2) is 0 Å². The Balaban J connectivity index is 2.01. The molecule has 3 heteroatoms. The van der Waals surface area contributed by atoms with Gasteiger partial charge in [-0.3, -0.25) is 0 Å². The third-order valence-electron chi connectivity index (χ3n) is 4.08. The van der Waals surface area contributed by atoms with Crippen molar-refractivity contribution in [3.63, 3.8) is 0 Å². The summed E-state index contributed by atoms with van der Waals surface area (Å²) >= 11 is 3.70. The van der Waals surface area contributed by atoms with E-state index >= 15 is 0 Å². The third-order valence-corrected chi connectivity index (χ3v) is 4.96. The lowest BCUT2D eigenvalue weighted by Crippen LogP contribution is -2.46. The molecule has 18 heavy (non-hydrogen) atoms. The molecule has 2 aliphatic rings. The van der Waals surface area contributed by atoms with Crippen molar-refractivity contribution in [2.45, 2.75) is 31.8 Å². The molecule has 0 fully saturated rings. The van der Waals surface area contributed by atoms with Crippen molar-refractivity contribution in [2.24, 2.45) is 5.92 Å². The molecule has 0 bridgehead atoms. The summed E-state index contributed by atoms with van der Waals surface area (Å²) < 4.78 is 12.8. The zero-order valence-corrected chi connectivity index (χ0v) is 12.3. The second-order valence-electron chi connectivity index (χ2n) is 5.27. The molecule has 0 amide bonds. The van der Waals surface area contributed by atoms with Crippen molar-refractivity contribution in [3.8, 4) is 11.5 Å². The number of ether oxygens (including phenoxy) is 2. The Labute approximate surface area is 116 Å². The van der Waals surface area contributed by atoms with Crippen LogP contribution in [0.5, 0.6) is 11.5 Å². The molecule has 1 heterocycles. The summed E-state index contributed by atoms with van der Waals surface area (Å²) in [7, 11) is 1.70. The number of hydrogen-bond acceptors (Lipinski definition) is 2. The van der Waals surface area contributed by atoms with E-state index in [2.05, 4.69) is 35.0 Å². The summed E-state index contributed by atoms with van der Waals surface area (Å²) in [5, 5.41) is 0. The summed E-state index contributed by atoms with van der Waals surface area (Å²) in [6.07, 6.45) is 5.46. The van der Waals surface area contributed by atoms with Crippen molar-refractivity contribution in [2.75, 3.05) is 7.11 Å². The van der Waals surface area contributed by atoms with E-state index in [0.717, 1.165) is 30.8 Å². The van der Waals surface area contributed by atoms with E-state index in [1.807, 2.05) is 12.1 Å². The molecular formula is C15H17BrO2. The first-order valence-corrected chi connectivity index (χ1v) is 7.13. The lowest BCUT2D eigenvalue weighted by Gasteiger charge is -2.44. The van der Waals surface area contributed by atoms with E-state index in [-0.39, 0.29) is 5.60 Å². The van der Waals surface area contributed by atoms with E-state index in [0.29, 0.717) is 5.92 Å². The van der Waals surface area contributed by atoms with Crippen LogP contribution in [0.4, 0.5) is 0 Å². The number of rotatable bonds is 1. The number of hydrogen-bond donors (Lipinski definition) is 0. The predicted octanol–water partition coefficient (Wildman–Crippen LogP) is 4.08. The van der Waals surface area contributed by atoms with Crippen LogP contribution in [-0.2, 0) is 6.42 Å². The van der Waals surface area contributed by atoms with E-state index in [1.165, 1.54) is 10.0 Å². The minimum absolute atomic E-state index is 0.0742. The molecule has 0 N–H and O–H groups in total. The van der Waals surface area contributed by atoms with Gasteiger partial charge in [-0.05, 0) is 54.4 Å². The minimum atomic E-state index is -0.0742. The fraction of sp³-hybridized carbons (Fsp3) is 0.467. The Kier molecular flexibility index (Phi) is 2.89. The van der Waals surface area contributed by atoms with E-state index in [1.54, 1.807) is 7.11 Å². The van der Waals surface area contributed by atoms with Gasteiger partial charge in [0.1, 0.15) is 17.1 Å². The first kappa shape index (κ1) is 12.1. The van der Waals surface area contributed by atoms with Crippen molar-refractivity contribution in [1.29, 1.82) is 0 Å². The molecule has 0 saturated carbocycles. The van der Waals surface area contributed by atoms with Gasteiger partial charge >= 0.3 is 0 Å². The molecule has 1 aromatic rings. The fourth-order valence-corrected chi connectivity index (χ4v) is 3.83. The van der Waals surface area contributed by atoms with Gasteiger partial charge in [-0.15, -0.1) is 0 Å². The van der Waals surface area contributed by atoms with E-state index < -0.39 is 0 Å². The highest BCUT2D eigenvalue weighted by Crippen LogP contribution is 2.47. The molecule has 96 valence electrons. The number of methoxy groups -OCH3 is 1. The largest absolute Gasteiger partial charge is 0.497 e. The van der Waals surface area contributed by atoms with Crippen LogP contribution in [0.1, 0.15) is 25.3 Å². The number of allylic oxidation sites excluding steroid dienone is 1. The zero-order valence-electron chi connectivity index (χ0n) is 10.7. The Morgan fingerprint density at radius 2 is 2.28 bits per heavy atom. The van der Waals surface area contributed by atoms with Crippen molar-refractivity contribution in [3.05, 3.63) is 34.3 Å². The van der Waals surface area contributed by atoms with Gasteiger partial charge in [0.25, 0.3) is 0 Å². The molecule has 1 aromatic carbocycles. The molecule has 1 aliphatic heterocycles. The van der Waals surface area contributed by atoms with Gasteiger partial charge in [0, 0.05) is 5.92 Å². The number of halogens is 1. The van der Waals surface area contributed by atoms with Crippen LogP contribution in [0.3, 0.4) is 0 Å². The monoisotopic (exact) mass is 308 g/mol. The van der Waals surface area contributed by atoms with Crippen LogP contribution in [0.15, 0.2) is 28.8 Å². The highest BCUT2D eigenvalue weighted by Gasteiger charge is 2.43. The van der Waals surface area contributed by atoms with Gasteiger partial charge in [0.2, 0.25) is 0 Å². The summed E-state index contributed by atoms with van der Waals surface area (Å²) in [6.45, 7) is 2.22. The first-order chi connectivity index (χ1) is 8.62. The maximum absolute atomic E-state index is 6.27. The molecule has 2 atom stereocenters. The lowest BCUT2D eigenvalue weighted by molar-refractivity contribution is 0.0161. The van der Waals surface area contributed by atoms with Crippen LogP contribution in [-0.4, -0.2) is 12.7 Å². The van der Waals surface area contributed by atoms with Gasteiger partial charge in [0.05, 0.1) is 7.11 Å². The number of benzene rings is 1. The SMILES string of the molecule is COc1ccc2c(c1)C[C@@H]1C(Br)=CCC[C@@]1(C)O2. The number of fused-ring (bicyclic) bond motifs is 2. The normalized spacial score (nSPS) is 29.7.